The monoisotopic (exact) mass is 279 g/mol. The molecule has 1 spiro atoms. The van der Waals surface area contributed by atoms with Gasteiger partial charge in [-0.25, -0.2) is 0 Å². The second-order valence-corrected chi connectivity index (χ2v) is 8.64. The first-order valence-corrected chi connectivity index (χ1v) is 8.71. The van der Waals surface area contributed by atoms with Gasteiger partial charge in [0.2, 0.25) is 0 Å². The molecule has 2 saturated carbocycles. The second-order valence-electron chi connectivity index (χ2n) is 8.64. The normalized spacial score (nSPS) is 35.5. The van der Waals surface area contributed by atoms with Crippen molar-refractivity contribution in [2.45, 2.75) is 78.4 Å². The van der Waals surface area contributed by atoms with Gasteiger partial charge in [0.25, 0.3) is 0 Å². The average molecular weight is 279 g/mol. The van der Waals surface area contributed by atoms with Crippen molar-refractivity contribution in [3.05, 3.63) is 0 Å². The molecule has 0 aromatic rings. The third kappa shape index (κ3) is 2.06. The molecule has 116 valence electrons. The Bertz CT molecular complexity index is 356. The summed E-state index contributed by atoms with van der Waals surface area (Å²) in [5.74, 6) is 1.63. The van der Waals surface area contributed by atoms with Gasteiger partial charge in [-0.1, -0.05) is 34.6 Å². The van der Waals surface area contributed by atoms with Gasteiger partial charge in [-0.05, 0) is 61.3 Å². The second kappa shape index (κ2) is 4.71. The zero-order chi connectivity index (χ0) is 14.6. The molecule has 3 aliphatic rings. The van der Waals surface area contributed by atoms with Crippen LogP contribution in [0, 0.1) is 22.7 Å². The van der Waals surface area contributed by atoms with E-state index in [4.69, 9.17) is 4.74 Å². The Labute approximate surface area is 125 Å². The molecule has 1 heterocycles. The Kier molecular flexibility index (Phi) is 3.49. The maximum Gasteiger partial charge on any atom is 0.0685 e. The van der Waals surface area contributed by atoms with E-state index in [9.17, 15) is 0 Å². The molecule has 1 N–H and O–H groups in total. The minimum Gasteiger partial charge on any atom is -0.375 e. The van der Waals surface area contributed by atoms with Gasteiger partial charge in [0.1, 0.15) is 0 Å². The van der Waals surface area contributed by atoms with Crippen LogP contribution in [0.15, 0.2) is 0 Å². The smallest absolute Gasteiger partial charge is 0.0685 e. The highest BCUT2D eigenvalue weighted by Crippen LogP contribution is 2.70. The zero-order valence-electron chi connectivity index (χ0n) is 14.1. The summed E-state index contributed by atoms with van der Waals surface area (Å²) in [7, 11) is 0. The molecule has 0 aromatic carbocycles. The number of hydrogen-bond acceptors (Lipinski definition) is 2. The highest BCUT2D eigenvalue weighted by molar-refractivity contribution is 5.17. The standard InChI is InChI=1S/C18H33NO/c1-6-19-14(15-16(2,3)17(15,4)5)13-8-11-20-18(12-13)9-7-10-18/h13-15,19H,6-12H2,1-5H3. The molecule has 2 unspecified atom stereocenters. The lowest BCUT2D eigenvalue weighted by Gasteiger charge is -2.49. The predicted molar refractivity (Wildman–Crippen MR) is 83.8 cm³/mol. The molecule has 0 radical (unpaired) electrons. The first-order chi connectivity index (χ1) is 9.34. The van der Waals surface area contributed by atoms with Crippen molar-refractivity contribution in [2.75, 3.05) is 13.2 Å². The van der Waals surface area contributed by atoms with Crippen LogP contribution < -0.4 is 5.32 Å². The minimum absolute atomic E-state index is 0.278. The summed E-state index contributed by atoms with van der Waals surface area (Å²) in [4.78, 5) is 0. The number of rotatable bonds is 4. The molecule has 2 aliphatic carbocycles. The van der Waals surface area contributed by atoms with E-state index in [0.29, 0.717) is 16.9 Å². The largest absolute Gasteiger partial charge is 0.375 e. The van der Waals surface area contributed by atoms with Crippen molar-refractivity contribution in [1.29, 1.82) is 0 Å². The van der Waals surface area contributed by atoms with Crippen LogP contribution in [-0.4, -0.2) is 24.8 Å². The van der Waals surface area contributed by atoms with Gasteiger partial charge in [-0.2, -0.15) is 0 Å². The number of hydrogen-bond donors (Lipinski definition) is 1. The predicted octanol–water partition coefficient (Wildman–Crippen LogP) is 4.00. The molecule has 0 aromatic heterocycles. The summed E-state index contributed by atoms with van der Waals surface area (Å²) in [6.45, 7) is 14.2. The van der Waals surface area contributed by atoms with Crippen molar-refractivity contribution >= 4 is 0 Å². The van der Waals surface area contributed by atoms with E-state index in [1.807, 2.05) is 0 Å². The van der Waals surface area contributed by atoms with Gasteiger partial charge in [0.05, 0.1) is 5.60 Å². The van der Waals surface area contributed by atoms with Gasteiger partial charge >= 0.3 is 0 Å². The third-order valence-electron chi connectivity index (χ3n) is 7.24. The molecule has 0 amide bonds. The van der Waals surface area contributed by atoms with Crippen molar-refractivity contribution in [3.63, 3.8) is 0 Å². The molecule has 2 nitrogen and oxygen atoms in total. The number of nitrogens with one attached hydrogen (secondary N) is 1. The maximum atomic E-state index is 6.14. The summed E-state index contributed by atoms with van der Waals surface area (Å²) in [5.41, 5.74) is 1.23. The first-order valence-electron chi connectivity index (χ1n) is 8.71. The van der Waals surface area contributed by atoms with Crippen molar-refractivity contribution < 1.29 is 4.74 Å². The Morgan fingerprint density at radius 1 is 1.15 bits per heavy atom. The molecule has 1 saturated heterocycles. The van der Waals surface area contributed by atoms with E-state index in [1.165, 1.54) is 32.1 Å². The van der Waals surface area contributed by atoms with Crippen LogP contribution in [-0.2, 0) is 4.74 Å². The van der Waals surface area contributed by atoms with Crippen LogP contribution in [0.25, 0.3) is 0 Å². The maximum absolute atomic E-state index is 6.14. The van der Waals surface area contributed by atoms with E-state index in [1.54, 1.807) is 0 Å². The van der Waals surface area contributed by atoms with Crippen LogP contribution in [0.3, 0.4) is 0 Å². The van der Waals surface area contributed by atoms with Crippen LogP contribution in [0.5, 0.6) is 0 Å². The van der Waals surface area contributed by atoms with E-state index in [-0.39, 0.29) is 5.60 Å². The lowest BCUT2D eigenvalue weighted by atomic mass is 9.69. The molecule has 2 atom stereocenters. The molecule has 2 heteroatoms. The molecule has 3 rings (SSSR count). The van der Waals surface area contributed by atoms with E-state index >= 15 is 0 Å². The molecular formula is C18H33NO. The summed E-state index contributed by atoms with van der Waals surface area (Å²) >= 11 is 0. The highest BCUT2D eigenvalue weighted by Gasteiger charge is 2.68. The van der Waals surface area contributed by atoms with Crippen LogP contribution >= 0.6 is 0 Å². The van der Waals surface area contributed by atoms with Gasteiger partial charge < -0.3 is 10.1 Å². The summed E-state index contributed by atoms with van der Waals surface area (Å²) in [5, 5.41) is 3.86. The lowest BCUT2D eigenvalue weighted by molar-refractivity contribution is -0.148. The molecule has 3 fully saturated rings. The molecular weight excluding hydrogens is 246 g/mol. The topological polar surface area (TPSA) is 21.3 Å². The fourth-order valence-corrected chi connectivity index (χ4v) is 5.23. The fourth-order valence-electron chi connectivity index (χ4n) is 5.23. The lowest BCUT2D eigenvalue weighted by Crippen LogP contribution is -2.51. The van der Waals surface area contributed by atoms with Crippen LogP contribution in [0.4, 0.5) is 0 Å². The quantitative estimate of drug-likeness (QED) is 0.840. The Balaban J connectivity index is 1.74. The van der Waals surface area contributed by atoms with Crippen molar-refractivity contribution in [3.8, 4) is 0 Å². The molecule has 20 heavy (non-hydrogen) atoms. The SMILES string of the molecule is CCNC(C1CCOC2(CCC2)C1)C1C(C)(C)C1(C)C. The Morgan fingerprint density at radius 2 is 1.80 bits per heavy atom. The van der Waals surface area contributed by atoms with Gasteiger partial charge in [0, 0.05) is 12.6 Å². The molecule has 0 bridgehead atoms. The average Bonchev–Trinajstić information content (AvgIpc) is 2.76. The van der Waals surface area contributed by atoms with Crippen LogP contribution in [0.2, 0.25) is 0 Å². The number of ether oxygens (including phenoxy) is 1. The molecule has 1 aliphatic heterocycles. The Morgan fingerprint density at radius 3 is 2.25 bits per heavy atom. The van der Waals surface area contributed by atoms with E-state index < -0.39 is 0 Å². The van der Waals surface area contributed by atoms with Gasteiger partial charge in [0.15, 0.2) is 0 Å². The third-order valence-corrected chi connectivity index (χ3v) is 7.24. The minimum atomic E-state index is 0.278. The Hall–Kier alpha value is -0.0800. The van der Waals surface area contributed by atoms with E-state index in [2.05, 4.69) is 39.9 Å². The first kappa shape index (κ1) is 14.8. The van der Waals surface area contributed by atoms with Crippen molar-refractivity contribution in [2.24, 2.45) is 22.7 Å². The zero-order valence-corrected chi connectivity index (χ0v) is 14.1. The summed E-state index contributed by atoms with van der Waals surface area (Å²) in [6.07, 6.45) is 6.54. The van der Waals surface area contributed by atoms with Crippen LogP contribution in [0.1, 0.15) is 66.7 Å². The van der Waals surface area contributed by atoms with Crippen molar-refractivity contribution in [1.82, 2.24) is 5.32 Å². The summed E-state index contributed by atoms with van der Waals surface area (Å²) in [6, 6.07) is 0.686. The van der Waals surface area contributed by atoms with E-state index in [0.717, 1.165) is 25.0 Å². The highest BCUT2D eigenvalue weighted by atomic mass is 16.5. The van der Waals surface area contributed by atoms with Gasteiger partial charge in [-0.15, -0.1) is 0 Å². The fraction of sp³-hybridized carbons (Fsp3) is 1.00. The van der Waals surface area contributed by atoms with Gasteiger partial charge in [-0.3, -0.25) is 0 Å². The summed E-state index contributed by atoms with van der Waals surface area (Å²) < 4.78 is 6.14.